The minimum Gasteiger partial charge on any atom is -0.465 e. The number of nitrogens with zero attached hydrogens (tertiary/aromatic N) is 5. The van der Waals surface area contributed by atoms with E-state index in [2.05, 4.69) is 25.8 Å². The van der Waals surface area contributed by atoms with E-state index >= 15 is 0 Å². The second kappa shape index (κ2) is 7.97. The number of benzene rings is 1. The summed E-state index contributed by atoms with van der Waals surface area (Å²) in [5, 5.41) is 15.7. The van der Waals surface area contributed by atoms with Crippen molar-refractivity contribution in [3.05, 3.63) is 70.6 Å². The molecule has 3 heterocycles. The fraction of sp³-hybridized carbons (Fsp3) is 0.105. The third-order valence-corrected chi connectivity index (χ3v) is 4.79. The molecular formula is C19H16N6O2S. The molecule has 0 spiro atoms. The molecule has 8 nitrogen and oxygen atoms in total. The van der Waals surface area contributed by atoms with E-state index in [0.717, 1.165) is 15.4 Å². The Bertz CT molecular complexity index is 1100. The summed E-state index contributed by atoms with van der Waals surface area (Å²) in [6.45, 7) is 2.29. The molecule has 1 amide bonds. The van der Waals surface area contributed by atoms with E-state index in [9.17, 15) is 4.79 Å². The quantitative estimate of drug-likeness (QED) is 0.507. The van der Waals surface area contributed by atoms with Crippen LogP contribution in [0.1, 0.15) is 15.6 Å². The van der Waals surface area contributed by atoms with Crippen LogP contribution in [0.2, 0.25) is 0 Å². The van der Waals surface area contributed by atoms with Crippen LogP contribution in [0.5, 0.6) is 0 Å². The monoisotopic (exact) mass is 392 g/mol. The Morgan fingerprint density at radius 1 is 1.25 bits per heavy atom. The average molecular weight is 392 g/mol. The first kappa shape index (κ1) is 17.8. The van der Waals surface area contributed by atoms with Crippen molar-refractivity contribution in [2.75, 3.05) is 0 Å². The fourth-order valence-electron chi connectivity index (χ4n) is 2.59. The zero-order chi connectivity index (χ0) is 19.3. The number of aromatic nitrogens is 5. The third-order valence-electron chi connectivity index (χ3n) is 3.88. The van der Waals surface area contributed by atoms with Crippen molar-refractivity contribution in [2.24, 2.45) is 0 Å². The van der Waals surface area contributed by atoms with Gasteiger partial charge in [0.25, 0.3) is 5.91 Å². The number of nitrogens with one attached hydrogen (secondary N) is 1. The molecule has 0 radical (unpaired) electrons. The lowest BCUT2D eigenvalue weighted by Gasteiger charge is -2.09. The van der Waals surface area contributed by atoms with Crippen molar-refractivity contribution in [3.8, 4) is 11.4 Å². The largest absolute Gasteiger partial charge is 0.465 e. The van der Waals surface area contributed by atoms with Gasteiger partial charge in [-0.2, -0.15) is 4.68 Å². The van der Waals surface area contributed by atoms with E-state index in [4.69, 9.17) is 4.42 Å². The topological polar surface area (TPSA) is 98.7 Å². The SMILES string of the molecule is Cc1ncc(CNC(=O)C(=Cc2ccco2)n2nnnc2-c2ccccc2)s1. The van der Waals surface area contributed by atoms with Crippen LogP contribution in [-0.4, -0.2) is 31.1 Å². The lowest BCUT2D eigenvalue weighted by molar-refractivity contribution is -0.116. The molecule has 0 unspecified atom stereocenters. The predicted octanol–water partition coefficient (Wildman–Crippen LogP) is 3.01. The summed E-state index contributed by atoms with van der Waals surface area (Å²) in [6, 6.07) is 12.9. The minimum atomic E-state index is -0.327. The van der Waals surface area contributed by atoms with Gasteiger partial charge in [-0.05, 0) is 29.5 Å². The van der Waals surface area contributed by atoms with E-state index < -0.39 is 0 Å². The van der Waals surface area contributed by atoms with Crippen molar-refractivity contribution >= 4 is 29.0 Å². The first-order valence-electron chi connectivity index (χ1n) is 8.49. The molecule has 0 saturated carbocycles. The Morgan fingerprint density at radius 3 is 2.82 bits per heavy atom. The van der Waals surface area contributed by atoms with E-state index in [1.54, 1.807) is 30.7 Å². The molecule has 0 bridgehead atoms. The summed E-state index contributed by atoms with van der Waals surface area (Å²) >= 11 is 1.53. The van der Waals surface area contributed by atoms with Crippen LogP contribution in [0.3, 0.4) is 0 Å². The van der Waals surface area contributed by atoms with E-state index in [1.807, 2.05) is 37.3 Å². The molecule has 0 aliphatic heterocycles. The van der Waals surface area contributed by atoms with Gasteiger partial charge in [-0.25, -0.2) is 4.98 Å². The zero-order valence-corrected chi connectivity index (χ0v) is 15.8. The maximum atomic E-state index is 13.0. The maximum Gasteiger partial charge on any atom is 0.270 e. The molecule has 1 aromatic carbocycles. The number of aryl methyl sites for hydroxylation is 1. The molecule has 0 atom stereocenters. The fourth-order valence-corrected chi connectivity index (χ4v) is 3.33. The van der Waals surface area contributed by atoms with Gasteiger partial charge in [-0.3, -0.25) is 4.79 Å². The summed E-state index contributed by atoms with van der Waals surface area (Å²) in [5.74, 6) is 0.655. The Labute approximate surface area is 164 Å². The van der Waals surface area contributed by atoms with Crippen LogP contribution in [0.15, 0.2) is 59.3 Å². The first-order valence-corrected chi connectivity index (χ1v) is 9.31. The number of tetrazole rings is 1. The van der Waals surface area contributed by atoms with Crippen molar-refractivity contribution < 1.29 is 9.21 Å². The van der Waals surface area contributed by atoms with Crippen molar-refractivity contribution in [3.63, 3.8) is 0 Å². The molecule has 3 aromatic heterocycles. The number of hydrogen-bond donors (Lipinski definition) is 1. The highest BCUT2D eigenvalue weighted by Crippen LogP contribution is 2.21. The lowest BCUT2D eigenvalue weighted by Crippen LogP contribution is -2.26. The summed E-state index contributed by atoms with van der Waals surface area (Å²) < 4.78 is 6.79. The Kier molecular flexibility index (Phi) is 5.07. The van der Waals surface area contributed by atoms with E-state index in [-0.39, 0.29) is 11.6 Å². The van der Waals surface area contributed by atoms with Crippen LogP contribution in [0.25, 0.3) is 23.2 Å². The van der Waals surface area contributed by atoms with Crippen LogP contribution in [0.4, 0.5) is 0 Å². The average Bonchev–Trinajstić information content (AvgIpc) is 3.47. The number of carbonyl (C=O) groups excluding carboxylic acids is 1. The molecule has 4 rings (SSSR count). The zero-order valence-electron chi connectivity index (χ0n) is 14.9. The van der Waals surface area contributed by atoms with Gasteiger partial charge < -0.3 is 9.73 Å². The van der Waals surface area contributed by atoms with Crippen LogP contribution >= 0.6 is 11.3 Å². The maximum absolute atomic E-state index is 13.0. The minimum absolute atomic E-state index is 0.250. The molecule has 28 heavy (non-hydrogen) atoms. The number of thiazole rings is 1. The van der Waals surface area contributed by atoms with Crippen LogP contribution in [0, 0.1) is 6.92 Å². The summed E-state index contributed by atoms with van der Waals surface area (Å²) in [6.07, 6.45) is 4.90. The molecule has 4 aromatic rings. The lowest BCUT2D eigenvalue weighted by atomic mass is 10.2. The normalized spacial score (nSPS) is 11.5. The van der Waals surface area contributed by atoms with Crippen LogP contribution < -0.4 is 5.32 Å². The standard InChI is InChI=1S/C19H16N6O2S/c1-13-20-11-16(28-13)12-21-19(26)17(10-15-8-5-9-27-15)25-18(22-23-24-25)14-6-3-2-4-7-14/h2-11H,12H2,1H3,(H,21,26). The number of rotatable bonds is 6. The number of furan rings is 1. The number of hydrogen-bond acceptors (Lipinski definition) is 7. The van der Waals surface area contributed by atoms with Crippen molar-refractivity contribution in [1.29, 1.82) is 0 Å². The Balaban J connectivity index is 1.67. The van der Waals surface area contributed by atoms with Gasteiger partial charge >= 0.3 is 0 Å². The second-order valence-electron chi connectivity index (χ2n) is 5.85. The number of carbonyl (C=O) groups is 1. The third kappa shape index (κ3) is 3.89. The van der Waals surface area contributed by atoms with Gasteiger partial charge in [0.2, 0.25) is 0 Å². The van der Waals surface area contributed by atoms with E-state index in [1.165, 1.54) is 16.0 Å². The van der Waals surface area contributed by atoms with E-state index in [0.29, 0.717) is 18.1 Å². The molecule has 0 aliphatic rings. The summed E-state index contributed by atoms with van der Waals surface area (Å²) in [7, 11) is 0. The summed E-state index contributed by atoms with van der Waals surface area (Å²) in [5.41, 5.74) is 1.05. The second-order valence-corrected chi connectivity index (χ2v) is 7.17. The molecular weight excluding hydrogens is 376 g/mol. The molecule has 1 N–H and O–H groups in total. The van der Waals surface area contributed by atoms with Gasteiger partial charge in [0, 0.05) is 22.7 Å². The van der Waals surface area contributed by atoms with Gasteiger partial charge in [0.15, 0.2) is 5.82 Å². The van der Waals surface area contributed by atoms with Gasteiger partial charge in [-0.15, -0.1) is 16.4 Å². The molecule has 9 heteroatoms. The molecule has 0 saturated heterocycles. The molecule has 140 valence electrons. The Morgan fingerprint density at radius 2 is 2.11 bits per heavy atom. The Hall–Kier alpha value is -3.59. The van der Waals surface area contributed by atoms with Crippen LogP contribution in [-0.2, 0) is 11.3 Å². The van der Waals surface area contributed by atoms with Gasteiger partial charge in [0.1, 0.15) is 11.5 Å². The molecule has 0 aliphatic carbocycles. The van der Waals surface area contributed by atoms with Gasteiger partial charge in [-0.1, -0.05) is 30.3 Å². The van der Waals surface area contributed by atoms with Crippen molar-refractivity contribution in [2.45, 2.75) is 13.5 Å². The highest BCUT2D eigenvalue weighted by molar-refractivity contribution is 7.11. The number of amides is 1. The predicted molar refractivity (Wildman–Crippen MR) is 105 cm³/mol. The highest BCUT2D eigenvalue weighted by Gasteiger charge is 2.19. The van der Waals surface area contributed by atoms with Gasteiger partial charge in [0.05, 0.1) is 17.8 Å². The first-order chi connectivity index (χ1) is 13.7. The highest BCUT2D eigenvalue weighted by atomic mass is 32.1. The smallest absolute Gasteiger partial charge is 0.270 e. The summed E-state index contributed by atoms with van der Waals surface area (Å²) in [4.78, 5) is 18.1. The van der Waals surface area contributed by atoms with Crippen molar-refractivity contribution in [1.82, 2.24) is 30.5 Å². The molecule has 0 fully saturated rings.